The monoisotopic (exact) mass is 330 g/mol. The van der Waals surface area contributed by atoms with Crippen LogP contribution in [0, 0.1) is 6.92 Å². The second-order valence-electron chi connectivity index (χ2n) is 3.83. The average molecular weight is 332 g/mol. The summed E-state index contributed by atoms with van der Waals surface area (Å²) in [6, 6.07) is 4.31. The molecule has 17 heavy (non-hydrogen) atoms. The molecular weight excluding hydrogens is 320 g/mol. The van der Waals surface area contributed by atoms with Crippen LogP contribution in [0.5, 0.6) is 0 Å². The normalized spacial score (nSPS) is 12.5. The van der Waals surface area contributed by atoms with Gasteiger partial charge in [0.15, 0.2) is 0 Å². The van der Waals surface area contributed by atoms with E-state index in [0.29, 0.717) is 5.15 Å². The molecule has 0 spiro atoms. The summed E-state index contributed by atoms with van der Waals surface area (Å²) in [5, 5.41) is 6.04. The third-order valence-electron chi connectivity index (χ3n) is 2.44. The quantitative estimate of drug-likeness (QED) is 0.797. The van der Waals surface area contributed by atoms with Crippen LogP contribution >= 0.6 is 38.9 Å². The van der Waals surface area contributed by atoms with E-state index >= 15 is 0 Å². The van der Waals surface area contributed by atoms with E-state index in [1.807, 2.05) is 13.0 Å². The SMILES string of the molecule is Cc1cc(NC(C)c2sccc2Br)cnc1Cl. The first-order valence-electron chi connectivity index (χ1n) is 5.19. The molecule has 0 aliphatic rings. The Hall–Kier alpha value is -0.580. The van der Waals surface area contributed by atoms with E-state index in [4.69, 9.17) is 11.6 Å². The molecule has 2 aromatic rings. The summed E-state index contributed by atoms with van der Waals surface area (Å²) >= 11 is 11.2. The van der Waals surface area contributed by atoms with Crippen molar-refractivity contribution in [1.82, 2.24) is 4.98 Å². The molecule has 2 nitrogen and oxygen atoms in total. The van der Waals surface area contributed by atoms with Gasteiger partial charge in [0.25, 0.3) is 0 Å². The van der Waals surface area contributed by atoms with E-state index in [9.17, 15) is 0 Å². The van der Waals surface area contributed by atoms with Crippen LogP contribution in [0.3, 0.4) is 0 Å². The lowest BCUT2D eigenvalue weighted by atomic mass is 10.2. The summed E-state index contributed by atoms with van der Waals surface area (Å²) in [4.78, 5) is 5.41. The fourth-order valence-corrected chi connectivity index (χ4v) is 3.40. The van der Waals surface area contributed by atoms with Crippen molar-refractivity contribution in [2.75, 3.05) is 5.32 Å². The number of aryl methyl sites for hydroxylation is 1. The van der Waals surface area contributed by atoms with Crippen LogP contribution in [-0.4, -0.2) is 4.98 Å². The highest BCUT2D eigenvalue weighted by Crippen LogP contribution is 2.31. The Kier molecular flexibility index (Phi) is 4.07. The summed E-state index contributed by atoms with van der Waals surface area (Å²) in [5.74, 6) is 0. The van der Waals surface area contributed by atoms with Gasteiger partial charge >= 0.3 is 0 Å². The number of rotatable bonds is 3. The first-order valence-corrected chi connectivity index (χ1v) is 7.24. The number of halogens is 2. The molecule has 2 rings (SSSR count). The molecule has 0 aliphatic heterocycles. The van der Waals surface area contributed by atoms with E-state index in [0.717, 1.165) is 15.7 Å². The van der Waals surface area contributed by atoms with Crippen LogP contribution in [0.25, 0.3) is 0 Å². The molecule has 5 heteroatoms. The summed E-state index contributed by atoms with van der Waals surface area (Å²) in [7, 11) is 0. The fraction of sp³-hybridized carbons (Fsp3) is 0.250. The van der Waals surface area contributed by atoms with Crippen LogP contribution < -0.4 is 5.32 Å². The number of thiophene rings is 1. The maximum atomic E-state index is 5.90. The molecule has 1 N–H and O–H groups in total. The van der Waals surface area contributed by atoms with Gasteiger partial charge in [-0.15, -0.1) is 11.3 Å². The molecule has 1 unspecified atom stereocenters. The lowest BCUT2D eigenvalue weighted by Gasteiger charge is -2.14. The number of nitrogens with zero attached hydrogens (tertiary/aromatic N) is 1. The smallest absolute Gasteiger partial charge is 0.132 e. The van der Waals surface area contributed by atoms with E-state index in [1.54, 1.807) is 17.5 Å². The largest absolute Gasteiger partial charge is 0.376 e. The Labute approximate surface area is 118 Å². The number of hydrogen-bond acceptors (Lipinski definition) is 3. The first kappa shape index (κ1) is 12.9. The van der Waals surface area contributed by atoms with Crippen molar-refractivity contribution in [1.29, 1.82) is 0 Å². The number of nitrogens with one attached hydrogen (secondary N) is 1. The molecular formula is C12H12BrClN2S. The van der Waals surface area contributed by atoms with Gasteiger partial charge in [0.1, 0.15) is 5.15 Å². The van der Waals surface area contributed by atoms with Gasteiger partial charge in [-0.25, -0.2) is 4.98 Å². The number of anilines is 1. The Bertz CT molecular complexity index is 527. The van der Waals surface area contributed by atoms with Crippen LogP contribution in [0.4, 0.5) is 5.69 Å². The average Bonchev–Trinajstić information content (AvgIpc) is 2.70. The van der Waals surface area contributed by atoms with Crippen molar-refractivity contribution >= 4 is 44.6 Å². The van der Waals surface area contributed by atoms with E-state index in [1.165, 1.54) is 4.88 Å². The summed E-state index contributed by atoms with van der Waals surface area (Å²) < 4.78 is 1.14. The molecule has 0 saturated carbocycles. The molecule has 0 aliphatic carbocycles. The molecule has 0 fully saturated rings. The van der Waals surface area contributed by atoms with Crippen molar-refractivity contribution in [3.8, 4) is 0 Å². The minimum absolute atomic E-state index is 0.242. The van der Waals surface area contributed by atoms with Crippen LogP contribution in [0.2, 0.25) is 5.15 Å². The van der Waals surface area contributed by atoms with Gasteiger partial charge in [-0.1, -0.05) is 11.6 Å². The number of aromatic nitrogens is 1. The summed E-state index contributed by atoms with van der Waals surface area (Å²) in [5.41, 5.74) is 1.97. The van der Waals surface area contributed by atoms with Gasteiger partial charge in [-0.05, 0) is 52.9 Å². The van der Waals surface area contributed by atoms with Crippen molar-refractivity contribution < 1.29 is 0 Å². The molecule has 2 aromatic heterocycles. The Morgan fingerprint density at radius 3 is 2.88 bits per heavy atom. The predicted octanol–water partition coefficient (Wildman–Crippen LogP) is 5.04. The fourth-order valence-electron chi connectivity index (χ4n) is 1.57. The van der Waals surface area contributed by atoms with Crippen LogP contribution in [0.15, 0.2) is 28.2 Å². The lowest BCUT2D eigenvalue weighted by molar-refractivity contribution is 0.900. The molecule has 1 atom stereocenters. The highest BCUT2D eigenvalue weighted by atomic mass is 79.9. The number of hydrogen-bond donors (Lipinski definition) is 1. The second kappa shape index (κ2) is 5.38. The Balaban J connectivity index is 2.16. The van der Waals surface area contributed by atoms with Gasteiger partial charge in [0, 0.05) is 9.35 Å². The van der Waals surface area contributed by atoms with Gasteiger partial charge in [-0.3, -0.25) is 0 Å². The van der Waals surface area contributed by atoms with Crippen molar-refractivity contribution in [2.45, 2.75) is 19.9 Å². The first-order chi connectivity index (χ1) is 8.08. The van der Waals surface area contributed by atoms with E-state index in [-0.39, 0.29) is 6.04 Å². The van der Waals surface area contributed by atoms with Crippen LogP contribution in [0.1, 0.15) is 23.4 Å². The predicted molar refractivity (Wildman–Crippen MR) is 78.0 cm³/mol. The van der Waals surface area contributed by atoms with E-state index in [2.05, 4.69) is 44.6 Å². The van der Waals surface area contributed by atoms with E-state index < -0.39 is 0 Å². The minimum atomic E-state index is 0.242. The molecule has 0 radical (unpaired) electrons. The summed E-state index contributed by atoms with van der Waals surface area (Å²) in [6.07, 6.45) is 1.76. The zero-order chi connectivity index (χ0) is 12.4. The molecule has 2 heterocycles. The van der Waals surface area contributed by atoms with Gasteiger partial charge in [0.2, 0.25) is 0 Å². The van der Waals surface area contributed by atoms with Gasteiger partial charge < -0.3 is 5.32 Å². The molecule has 0 bridgehead atoms. The molecule has 0 amide bonds. The maximum Gasteiger partial charge on any atom is 0.132 e. The summed E-state index contributed by atoms with van der Waals surface area (Å²) in [6.45, 7) is 4.08. The van der Waals surface area contributed by atoms with Crippen molar-refractivity contribution in [2.24, 2.45) is 0 Å². The second-order valence-corrected chi connectivity index (χ2v) is 5.99. The van der Waals surface area contributed by atoms with Crippen LogP contribution in [-0.2, 0) is 0 Å². The molecule has 0 saturated heterocycles. The maximum absolute atomic E-state index is 5.90. The standard InChI is InChI=1S/C12H12BrClN2S/c1-7-5-9(6-15-12(7)14)16-8(2)11-10(13)3-4-17-11/h3-6,8,16H,1-2H3. The minimum Gasteiger partial charge on any atom is -0.376 e. The highest BCUT2D eigenvalue weighted by Gasteiger charge is 2.11. The van der Waals surface area contributed by atoms with Crippen molar-refractivity contribution in [3.63, 3.8) is 0 Å². The highest BCUT2D eigenvalue weighted by molar-refractivity contribution is 9.10. The molecule has 0 aromatic carbocycles. The van der Waals surface area contributed by atoms with Crippen molar-refractivity contribution in [3.05, 3.63) is 43.8 Å². The Morgan fingerprint density at radius 1 is 1.53 bits per heavy atom. The number of pyridine rings is 1. The third kappa shape index (κ3) is 3.00. The Morgan fingerprint density at radius 2 is 2.29 bits per heavy atom. The lowest BCUT2D eigenvalue weighted by Crippen LogP contribution is -2.06. The topological polar surface area (TPSA) is 24.9 Å². The zero-order valence-corrected chi connectivity index (χ0v) is 12.7. The zero-order valence-electron chi connectivity index (χ0n) is 9.50. The third-order valence-corrected chi connectivity index (χ3v) is 4.88. The van der Waals surface area contributed by atoms with Gasteiger partial charge in [-0.2, -0.15) is 0 Å². The molecule has 90 valence electrons. The van der Waals surface area contributed by atoms with Gasteiger partial charge in [0.05, 0.1) is 17.9 Å².